The van der Waals surface area contributed by atoms with Crippen LogP contribution in [0.1, 0.15) is 155 Å². The molecule has 2 aromatic rings. The molecular formula is C57H89BClN7O13S. The van der Waals surface area contributed by atoms with Crippen molar-refractivity contribution in [2.24, 2.45) is 17.3 Å². The SMILES string of the molecule is C[C@H](NC(=O)[C@H](CCCCNC(=O)OC(C)(C)C)NC(=O)[C@H](C)NC(=O)[C@@H](NC(=O)[C@H](CCCCNC(=O)OC(C)(C)C)NS(=O)(=O)c1ccc(-c2ccc(Cl)cc2)cc1)[C@@H](C)OC(C)(C)C)B1O[C@@H]2C[C@@H]3C[C@@H](C3(C)C)[C@]2(C)O1. The zero-order valence-corrected chi connectivity index (χ0v) is 51.1. The second kappa shape index (κ2) is 26.9. The predicted octanol–water partition coefficient (Wildman–Crippen LogP) is 7.49. The van der Waals surface area contributed by atoms with Gasteiger partial charge in [-0.1, -0.05) is 49.7 Å². The molecule has 0 unspecified atom stereocenters. The van der Waals surface area contributed by atoms with E-state index in [1.807, 2.05) is 0 Å². The number of rotatable bonds is 25. The smallest absolute Gasteiger partial charge is 0.444 e. The number of hydrogen-bond acceptors (Lipinski definition) is 13. The summed E-state index contributed by atoms with van der Waals surface area (Å²) in [5.74, 6) is -2.68. The number of carbonyl (C=O) groups is 6. The van der Waals surface area contributed by atoms with Gasteiger partial charge in [0.05, 0.1) is 34.2 Å². The van der Waals surface area contributed by atoms with Gasteiger partial charge in [0.25, 0.3) is 0 Å². The Kier molecular flexibility index (Phi) is 22.2. The van der Waals surface area contributed by atoms with E-state index < -0.39 is 112 Å². The van der Waals surface area contributed by atoms with E-state index in [1.165, 1.54) is 19.1 Å². The fourth-order valence-electron chi connectivity index (χ4n) is 10.6. The molecular weight excluding hydrogens is 1070 g/mol. The summed E-state index contributed by atoms with van der Waals surface area (Å²) >= 11 is 6.08. The third kappa shape index (κ3) is 18.8. The molecule has 1 heterocycles. The molecule has 3 saturated carbocycles. The molecule has 0 radical (unpaired) electrons. The van der Waals surface area contributed by atoms with Crippen molar-refractivity contribution in [3.63, 3.8) is 0 Å². The lowest BCUT2D eigenvalue weighted by atomic mass is 9.43. The maximum atomic E-state index is 14.5. The quantitative estimate of drug-likeness (QED) is 0.0376. The second-order valence-corrected chi connectivity index (χ2v) is 27.6. The van der Waals surface area contributed by atoms with Gasteiger partial charge in [0, 0.05) is 18.1 Å². The standard InChI is InChI=1S/C57H89BClN7O13S/c1-34(47(67)64-42(20-16-18-30-60-51(71)76-54(7,8)9)48(68)63-36(3)58-78-45-33-39-32-44(56(39,13)14)57(45,15)79-58)62-50(70)46(35(2)75-53(4,5)6)65-49(69)43(21-17-19-31-61-52(72)77-55(10,11)12)66-80(73,74)41-28-24-38(25-29-41)37-22-26-40(59)27-23-37/h22-29,34-36,39,42-46,66H,16-21,30-33H2,1-15H3,(H,60,71)(H,61,72)(H,62,70)(H,63,68)(H,64,67)(H,65,69)/t34-,35+,36-,39-,42-,43-,44-,45+,46-,57-/m0/s1. The van der Waals surface area contributed by atoms with Crippen LogP contribution in [-0.2, 0) is 52.7 Å². The number of ether oxygens (including phenoxy) is 3. The lowest BCUT2D eigenvalue weighted by Gasteiger charge is -2.64. The Morgan fingerprint density at radius 3 is 1.69 bits per heavy atom. The Labute approximate surface area is 479 Å². The molecule has 80 heavy (non-hydrogen) atoms. The van der Waals surface area contributed by atoms with Crippen LogP contribution >= 0.6 is 11.6 Å². The molecule has 4 aliphatic rings. The molecule has 1 aliphatic heterocycles. The Morgan fingerprint density at radius 1 is 0.662 bits per heavy atom. The molecule has 10 atom stereocenters. The van der Waals surface area contributed by atoms with Crippen molar-refractivity contribution in [2.45, 2.75) is 225 Å². The highest BCUT2D eigenvalue weighted by Crippen LogP contribution is 2.65. The van der Waals surface area contributed by atoms with E-state index in [9.17, 15) is 37.2 Å². The van der Waals surface area contributed by atoms with Crippen molar-refractivity contribution in [1.82, 2.24) is 36.6 Å². The molecule has 23 heteroatoms. The first kappa shape index (κ1) is 65.8. The Balaban J connectivity index is 1.31. The maximum Gasteiger partial charge on any atom is 0.481 e. The number of halogens is 1. The normalized spacial score (nSPS) is 21.9. The van der Waals surface area contributed by atoms with Gasteiger partial charge >= 0.3 is 19.3 Å². The molecule has 6 rings (SSSR count). The van der Waals surface area contributed by atoms with Gasteiger partial charge in [0.2, 0.25) is 33.7 Å². The van der Waals surface area contributed by atoms with Crippen LogP contribution < -0.4 is 36.6 Å². The van der Waals surface area contributed by atoms with Crippen LogP contribution in [0, 0.1) is 17.3 Å². The van der Waals surface area contributed by atoms with Crippen LogP contribution in [0.15, 0.2) is 53.4 Å². The first-order chi connectivity index (χ1) is 37.0. The van der Waals surface area contributed by atoms with Gasteiger partial charge in [0.1, 0.15) is 35.4 Å². The van der Waals surface area contributed by atoms with Crippen LogP contribution in [0.5, 0.6) is 0 Å². The van der Waals surface area contributed by atoms with Gasteiger partial charge in [-0.15, -0.1) is 0 Å². The Hall–Kier alpha value is -5.00. The van der Waals surface area contributed by atoms with Crippen molar-refractivity contribution in [3.8, 4) is 11.1 Å². The zero-order chi connectivity index (χ0) is 59.8. The first-order valence-corrected chi connectivity index (χ1v) is 29.9. The topological polar surface area (TPSA) is 267 Å². The van der Waals surface area contributed by atoms with E-state index >= 15 is 0 Å². The van der Waals surface area contributed by atoms with Crippen molar-refractivity contribution >= 4 is 64.6 Å². The van der Waals surface area contributed by atoms with Gasteiger partial charge in [0.15, 0.2) is 0 Å². The minimum absolute atomic E-state index is 0.0528. The monoisotopic (exact) mass is 1160 g/mol. The molecule has 0 spiro atoms. The lowest BCUT2D eigenvalue weighted by molar-refractivity contribution is -0.199. The fourth-order valence-corrected chi connectivity index (χ4v) is 12.0. The summed E-state index contributed by atoms with van der Waals surface area (Å²) in [4.78, 5) is 81.8. The average molecular weight is 1160 g/mol. The number of unbranched alkanes of at least 4 members (excludes halogenated alkanes) is 2. The summed E-state index contributed by atoms with van der Waals surface area (Å²) in [6.45, 7) is 27.6. The minimum Gasteiger partial charge on any atom is -0.444 e. The average Bonchev–Trinajstić information content (AvgIpc) is 3.91. The van der Waals surface area contributed by atoms with E-state index in [4.69, 9.17) is 35.1 Å². The summed E-state index contributed by atoms with van der Waals surface area (Å²) in [5.41, 5.74) is -1.11. The highest BCUT2D eigenvalue weighted by molar-refractivity contribution is 7.89. The fraction of sp³-hybridized carbons (Fsp3) is 0.684. The van der Waals surface area contributed by atoms with Crippen molar-refractivity contribution in [2.75, 3.05) is 13.1 Å². The van der Waals surface area contributed by atoms with Crippen LogP contribution in [0.2, 0.25) is 5.02 Å². The van der Waals surface area contributed by atoms with Gasteiger partial charge in [-0.25, -0.2) is 18.0 Å². The van der Waals surface area contributed by atoms with Crippen LogP contribution in [-0.4, -0.2) is 129 Å². The Bertz CT molecular complexity index is 2590. The second-order valence-electron chi connectivity index (χ2n) is 25.4. The number of carbonyl (C=O) groups excluding carboxylic acids is 6. The number of hydrogen-bond donors (Lipinski definition) is 7. The van der Waals surface area contributed by atoms with E-state index in [0.717, 1.165) is 24.0 Å². The number of alkyl carbamates (subject to hydrolysis) is 2. The van der Waals surface area contributed by atoms with Gasteiger partial charge in [-0.3, -0.25) is 19.2 Å². The first-order valence-electron chi connectivity index (χ1n) is 28.0. The lowest BCUT2D eigenvalue weighted by Crippen LogP contribution is -2.65. The van der Waals surface area contributed by atoms with E-state index in [-0.39, 0.29) is 48.8 Å². The van der Waals surface area contributed by atoms with Crippen LogP contribution in [0.4, 0.5) is 9.59 Å². The summed E-state index contributed by atoms with van der Waals surface area (Å²) in [5, 5.41) is 17.1. The summed E-state index contributed by atoms with van der Waals surface area (Å²) in [6.07, 6.45) is 1.09. The highest BCUT2D eigenvalue weighted by Gasteiger charge is 2.68. The van der Waals surface area contributed by atoms with Gasteiger partial charge in [-0.05, 0) is 194 Å². The van der Waals surface area contributed by atoms with Crippen molar-refractivity contribution < 1.29 is 60.7 Å². The number of nitrogens with one attached hydrogen (secondary N) is 7. The van der Waals surface area contributed by atoms with Crippen LogP contribution in [0.3, 0.4) is 0 Å². The molecule has 446 valence electrons. The predicted molar refractivity (Wildman–Crippen MR) is 307 cm³/mol. The van der Waals surface area contributed by atoms with E-state index in [0.29, 0.717) is 36.1 Å². The highest BCUT2D eigenvalue weighted by atomic mass is 35.5. The molecule has 4 fully saturated rings. The molecule has 3 aliphatic carbocycles. The van der Waals surface area contributed by atoms with E-state index in [1.54, 1.807) is 113 Å². The summed E-state index contributed by atoms with van der Waals surface area (Å²) in [7, 11) is -5.10. The molecule has 0 aromatic heterocycles. The molecule has 6 amide bonds. The molecule has 20 nitrogen and oxygen atoms in total. The number of amides is 6. The van der Waals surface area contributed by atoms with Crippen molar-refractivity contribution in [1.29, 1.82) is 0 Å². The van der Waals surface area contributed by atoms with Gasteiger partial charge < -0.3 is 55.4 Å². The molecule has 7 N–H and O–H groups in total. The van der Waals surface area contributed by atoms with Gasteiger partial charge in [-0.2, -0.15) is 4.72 Å². The maximum absolute atomic E-state index is 14.5. The minimum atomic E-state index is -4.36. The largest absolute Gasteiger partial charge is 0.481 e. The number of benzene rings is 2. The Morgan fingerprint density at radius 2 is 1.18 bits per heavy atom. The third-order valence-corrected chi connectivity index (χ3v) is 16.6. The summed E-state index contributed by atoms with van der Waals surface area (Å²) < 4.78 is 60.6. The number of sulfonamides is 1. The molecule has 1 saturated heterocycles. The zero-order valence-electron chi connectivity index (χ0n) is 49.6. The third-order valence-electron chi connectivity index (χ3n) is 14.9. The molecule has 2 aromatic carbocycles. The van der Waals surface area contributed by atoms with Crippen LogP contribution in [0.25, 0.3) is 11.1 Å². The molecule has 2 bridgehead atoms. The van der Waals surface area contributed by atoms with E-state index in [2.05, 4.69) is 57.4 Å². The summed E-state index contributed by atoms with van der Waals surface area (Å²) in [6, 6.07) is 7.87. The van der Waals surface area contributed by atoms with Crippen molar-refractivity contribution in [3.05, 3.63) is 53.6 Å².